The first kappa shape index (κ1) is 16.5. The van der Waals surface area contributed by atoms with Crippen molar-refractivity contribution in [2.45, 2.75) is 20.4 Å². The van der Waals surface area contributed by atoms with Gasteiger partial charge in [0.25, 0.3) is 0 Å². The summed E-state index contributed by atoms with van der Waals surface area (Å²) in [5, 5.41) is 22.6. The maximum Gasteiger partial charge on any atom is 0.337 e. The van der Waals surface area contributed by atoms with Crippen LogP contribution in [0, 0.1) is 6.92 Å². The quantitative estimate of drug-likeness (QED) is 0.582. The highest BCUT2D eigenvalue weighted by molar-refractivity contribution is 5.95. The fraction of sp³-hybridized carbons (Fsp3) is 0.176. The number of nitrogens with one attached hydrogen (secondary N) is 1. The number of carboxylic acids is 1. The van der Waals surface area contributed by atoms with E-state index in [-0.39, 0.29) is 12.1 Å². The summed E-state index contributed by atoms with van der Waals surface area (Å²) in [5.74, 6) is -1.46. The van der Waals surface area contributed by atoms with E-state index >= 15 is 0 Å². The van der Waals surface area contributed by atoms with Crippen LogP contribution in [0.5, 0.6) is 0 Å². The first-order valence-electron chi connectivity index (χ1n) is 7.05. The lowest BCUT2D eigenvalue weighted by molar-refractivity contribution is -0.165. The molecule has 0 aliphatic carbocycles. The molecular formula is C17H18N2O4. The van der Waals surface area contributed by atoms with Crippen molar-refractivity contribution in [1.29, 1.82) is 0 Å². The maximum absolute atomic E-state index is 11.3. The molecular weight excluding hydrogens is 296 g/mol. The van der Waals surface area contributed by atoms with Crippen LogP contribution in [0.2, 0.25) is 0 Å². The smallest absolute Gasteiger partial charge is 0.337 e. The van der Waals surface area contributed by atoms with Crippen LogP contribution in [-0.4, -0.2) is 27.3 Å². The van der Waals surface area contributed by atoms with E-state index in [1.54, 1.807) is 30.3 Å². The topological polar surface area (TPSA) is 89.9 Å². The maximum atomic E-state index is 11.3. The van der Waals surface area contributed by atoms with Gasteiger partial charge in [-0.25, -0.2) is 9.86 Å². The van der Waals surface area contributed by atoms with Gasteiger partial charge < -0.3 is 10.4 Å². The number of nitrogens with zero attached hydrogens (tertiary/aromatic N) is 1. The highest BCUT2D eigenvalue weighted by atomic mass is 16.5. The zero-order chi connectivity index (χ0) is 17.0. The third kappa shape index (κ3) is 3.87. The summed E-state index contributed by atoms with van der Waals surface area (Å²) in [6.07, 6.45) is 0. The van der Waals surface area contributed by atoms with Gasteiger partial charge in [0.15, 0.2) is 0 Å². The zero-order valence-electron chi connectivity index (χ0n) is 12.9. The number of carbonyl (C=O) groups excluding carboxylic acids is 1. The van der Waals surface area contributed by atoms with Crippen LogP contribution in [-0.2, 0) is 11.3 Å². The molecule has 0 unspecified atom stereocenters. The number of amides is 1. The predicted molar refractivity (Wildman–Crippen MR) is 85.9 cm³/mol. The standard InChI is InChI=1S/C17H18N2O4/c1-11-13(10-19(23)12(2)20)6-5-9-15(11)18-16-8-4-3-7-14(16)17(21)22/h3-9,18,23H,10H2,1-2H3,(H,21,22). The van der Waals surface area contributed by atoms with Gasteiger partial charge in [-0.15, -0.1) is 0 Å². The average molecular weight is 314 g/mol. The van der Waals surface area contributed by atoms with Gasteiger partial charge in [0.2, 0.25) is 5.91 Å². The Kier molecular flexibility index (Phi) is 4.98. The molecule has 6 nitrogen and oxygen atoms in total. The Labute approximate surface area is 133 Å². The van der Waals surface area contributed by atoms with Crippen LogP contribution in [0.1, 0.15) is 28.4 Å². The summed E-state index contributed by atoms with van der Waals surface area (Å²) in [5.41, 5.74) is 2.96. The Hall–Kier alpha value is -2.86. The molecule has 0 aliphatic rings. The highest BCUT2D eigenvalue weighted by Crippen LogP contribution is 2.26. The largest absolute Gasteiger partial charge is 0.478 e. The van der Waals surface area contributed by atoms with Crippen LogP contribution < -0.4 is 5.32 Å². The molecule has 0 fully saturated rings. The molecule has 120 valence electrons. The second kappa shape index (κ2) is 6.93. The molecule has 0 atom stereocenters. The molecule has 2 rings (SSSR count). The molecule has 2 aromatic rings. The van der Waals surface area contributed by atoms with Gasteiger partial charge in [0, 0.05) is 12.6 Å². The van der Waals surface area contributed by atoms with E-state index in [0.29, 0.717) is 16.4 Å². The van der Waals surface area contributed by atoms with Crippen LogP contribution in [0.3, 0.4) is 0 Å². The van der Waals surface area contributed by atoms with Crippen LogP contribution >= 0.6 is 0 Å². The molecule has 0 bridgehead atoms. The monoisotopic (exact) mass is 314 g/mol. The minimum absolute atomic E-state index is 0.0667. The molecule has 23 heavy (non-hydrogen) atoms. The number of hydrogen-bond acceptors (Lipinski definition) is 4. The molecule has 0 aromatic heterocycles. The Morgan fingerprint density at radius 2 is 1.74 bits per heavy atom. The number of carbonyl (C=O) groups is 2. The molecule has 3 N–H and O–H groups in total. The molecule has 0 spiro atoms. The summed E-state index contributed by atoms with van der Waals surface area (Å²) in [7, 11) is 0. The van der Waals surface area contributed by atoms with Gasteiger partial charge in [-0.3, -0.25) is 10.0 Å². The van der Waals surface area contributed by atoms with E-state index in [2.05, 4.69) is 5.32 Å². The number of rotatable bonds is 5. The molecule has 6 heteroatoms. The van der Waals surface area contributed by atoms with Crippen molar-refractivity contribution in [3.8, 4) is 0 Å². The summed E-state index contributed by atoms with van der Waals surface area (Å²) in [6.45, 7) is 3.19. The SMILES string of the molecule is CC(=O)N(O)Cc1cccc(Nc2ccccc2C(=O)O)c1C. The molecule has 0 heterocycles. The van der Waals surface area contributed by atoms with Crippen molar-refractivity contribution in [1.82, 2.24) is 5.06 Å². The van der Waals surface area contributed by atoms with E-state index in [1.807, 2.05) is 13.0 Å². The number of anilines is 2. The predicted octanol–water partition coefficient (Wildman–Crippen LogP) is 3.17. The number of hydroxylamine groups is 2. The molecule has 0 radical (unpaired) electrons. The zero-order valence-corrected chi connectivity index (χ0v) is 12.9. The highest BCUT2D eigenvalue weighted by Gasteiger charge is 2.13. The van der Waals surface area contributed by atoms with Gasteiger partial charge in [0.05, 0.1) is 17.8 Å². The average Bonchev–Trinajstić information content (AvgIpc) is 2.51. The van der Waals surface area contributed by atoms with Gasteiger partial charge in [-0.05, 0) is 36.2 Å². The number of hydrogen-bond donors (Lipinski definition) is 3. The Bertz CT molecular complexity index is 743. The van der Waals surface area contributed by atoms with E-state index in [9.17, 15) is 19.9 Å². The van der Waals surface area contributed by atoms with Crippen LogP contribution in [0.25, 0.3) is 0 Å². The fourth-order valence-electron chi connectivity index (χ4n) is 2.19. The minimum atomic E-state index is -1.01. The van der Waals surface area contributed by atoms with E-state index in [1.165, 1.54) is 13.0 Å². The lowest BCUT2D eigenvalue weighted by Gasteiger charge is -2.18. The fourth-order valence-corrected chi connectivity index (χ4v) is 2.19. The summed E-state index contributed by atoms with van der Waals surface area (Å²) >= 11 is 0. The lowest BCUT2D eigenvalue weighted by Crippen LogP contribution is -2.24. The number of para-hydroxylation sites is 1. The first-order valence-corrected chi connectivity index (χ1v) is 7.05. The molecule has 0 saturated heterocycles. The first-order chi connectivity index (χ1) is 10.9. The third-order valence-electron chi connectivity index (χ3n) is 3.56. The molecule has 2 aromatic carbocycles. The van der Waals surface area contributed by atoms with Crippen LogP contribution in [0.4, 0.5) is 11.4 Å². The summed E-state index contributed by atoms with van der Waals surface area (Å²) < 4.78 is 0. The van der Waals surface area contributed by atoms with Gasteiger partial charge >= 0.3 is 5.97 Å². The number of benzene rings is 2. The van der Waals surface area contributed by atoms with Crippen molar-refractivity contribution in [2.24, 2.45) is 0 Å². The van der Waals surface area contributed by atoms with E-state index in [4.69, 9.17) is 0 Å². The number of aromatic carboxylic acids is 1. The van der Waals surface area contributed by atoms with Gasteiger partial charge in [-0.1, -0.05) is 24.3 Å². The van der Waals surface area contributed by atoms with Crippen molar-refractivity contribution in [3.05, 3.63) is 59.2 Å². The Morgan fingerprint density at radius 1 is 1.09 bits per heavy atom. The summed E-state index contributed by atoms with van der Waals surface area (Å²) in [4.78, 5) is 22.4. The van der Waals surface area contributed by atoms with Gasteiger partial charge in [-0.2, -0.15) is 0 Å². The molecule has 0 saturated carbocycles. The van der Waals surface area contributed by atoms with Gasteiger partial charge in [0.1, 0.15) is 0 Å². The minimum Gasteiger partial charge on any atom is -0.478 e. The third-order valence-corrected chi connectivity index (χ3v) is 3.56. The Morgan fingerprint density at radius 3 is 2.39 bits per heavy atom. The molecule has 1 amide bonds. The normalized spacial score (nSPS) is 10.2. The molecule has 0 aliphatic heterocycles. The number of carboxylic acid groups (broad SMARTS) is 1. The van der Waals surface area contributed by atoms with E-state index in [0.717, 1.165) is 11.1 Å². The second-order valence-corrected chi connectivity index (χ2v) is 5.14. The second-order valence-electron chi connectivity index (χ2n) is 5.14. The van der Waals surface area contributed by atoms with Crippen molar-refractivity contribution in [2.75, 3.05) is 5.32 Å². The van der Waals surface area contributed by atoms with Crippen molar-refractivity contribution >= 4 is 23.3 Å². The van der Waals surface area contributed by atoms with Crippen molar-refractivity contribution in [3.63, 3.8) is 0 Å². The van der Waals surface area contributed by atoms with Crippen LogP contribution in [0.15, 0.2) is 42.5 Å². The van der Waals surface area contributed by atoms with Crippen molar-refractivity contribution < 1.29 is 19.9 Å². The summed E-state index contributed by atoms with van der Waals surface area (Å²) in [6, 6.07) is 12.0. The lowest BCUT2D eigenvalue weighted by atomic mass is 10.1. The Balaban J connectivity index is 2.32. The van der Waals surface area contributed by atoms with E-state index < -0.39 is 11.9 Å².